The molecule has 0 spiro atoms. The molecule has 0 aliphatic heterocycles. The van der Waals surface area contributed by atoms with Gasteiger partial charge in [0.15, 0.2) is 11.6 Å². The van der Waals surface area contributed by atoms with Gasteiger partial charge in [-0.2, -0.15) is 0 Å². The summed E-state index contributed by atoms with van der Waals surface area (Å²) in [5.41, 5.74) is 10.9. The van der Waals surface area contributed by atoms with Crippen molar-refractivity contribution < 1.29 is 13.6 Å². The smallest absolute Gasteiger partial charge is 0.222 e. The molecule has 0 saturated heterocycles. The first-order valence-electron chi connectivity index (χ1n) is 4.48. The summed E-state index contributed by atoms with van der Waals surface area (Å²) < 4.78 is 25.4. The van der Waals surface area contributed by atoms with Gasteiger partial charge in [0.25, 0.3) is 0 Å². The van der Waals surface area contributed by atoms with Crippen LogP contribution in [0.2, 0.25) is 0 Å². The number of amides is 1. The maximum Gasteiger partial charge on any atom is 0.222 e. The molecular weight excluding hydrogens is 202 g/mol. The molecule has 0 fully saturated rings. The predicted molar refractivity (Wildman–Crippen MR) is 51.8 cm³/mol. The summed E-state index contributed by atoms with van der Waals surface area (Å²) in [4.78, 5) is 10.9. The molecule has 1 aromatic carbocycles. The number of benzene rings is 1. The van der Waals surface area contributed by atoms with Gasteiger partial charge in [-0.25, -0.2) is 8.78 Å². The van der Waals surface area contributed by atoms with Crippen molar-refractivity contribution in [3.05, 3.63) is 35.4 Å². The van der Waals surface area contributed by atoms with Crippen molar-refractivity contribution in [2.75, 3.05) is 6.54 Å². The van der Waals surface area contributed by atoms with Crippen molar-refractivity contribution >= 4 is 5.91 Å². The molecule has 1 aromatic rings. The summed E-state index contributed by atoms with van der Waals surface area (Å²) in [5.74, 6) is -2.94. The van der Waals surface area contributed by atoms with E-state index in [9.17, 15) is 13.6 Å². The van der Waals surface area contributed by atoms with Crippen molar-refractivity contribution in [1.29, 1.82) is 0 Å². The number of carbonyl (C=O) groups is 1. The van der Waals surface area contributed by atoms with E-state index in [1.807, 2.05) is 0 Å². The van der Waals surface area contributed by atoms with Crippen molar-refractivity contribution in [1.82, 2.24) is 0 Å². The fourth-order valence-electron chi connectivity index (χ4n) is 1.25. The Bertz CT molecular complexity index is 368. The van der Waals surface area contributed by atoms with Crippen LogP contribution in [0.25, 0.3) is 0 Å². The van der Waals surface area contributed by atoms with E-state index in [0.29, 0.717) is 5.56 Å². The summed E-state index contributed by atoms with van der Waals surface area (Å²) in [6.07, 6.45) is 0.225. The predicted octanol–water partition coefficient (Wildman–Crippen LogP) is 0.567. The van der Waals surface area contributed by atoms with Gasteiger partial charge in [-0.05, 0) is 24.1 Å². The van der Waals surface area contributed by atoms with E-state index in [2.05, 4.69) is 0 Å². The standard InChI is InChI=1S/C10H12F2N2O/c11-8-2-1-6(4-9(8)12)3-7(5-13)10(14)15/h1-2,4,7H,3,5,13H2,(H2,14,15)/t7-/m1/s1. The lowest BCUT2D eigenvalue weighted by atomic mass is 9.99. The third kappa shape index (κ3) is 2.99. The van der Waals surface area contributed by atoms with Crippen LogP contribution in [0.15, 0.2) is 18.2 Å². The van der Waals surface area contributed by atoms with Crippen LogP contribution >= 0.6 is 0 Å². The molecule has 1 amide bonds. The Morgan fingerprint density at radius 1 is 1.33 bits per heavy atom. The summed E-state index contributed by atoms with van der Waals surface area (Å²) in [5, 5.41) is 0. The van der Waals surface area contributed by atoms with Crippen LogP contribution in [-0.2, 0) is 11.2 Å². The van der Waals surface area contributed by atoms with Crippen molar-refractivity contribution in [3.63, 3.8) is 0 Å². The van der Waals surface area contributed by atoms with Gasteiger partial charge in [-0.3, -0.25) is 4.79 Å². The zero-order valence-corrected chi connectivity index (χ0v) is 8.04. The Kier molecular flexibility index (Phi) is 3.74. The molecule has 5 heteroatoms. The first-order chi connectivity index (χ1) is 7.04. The van der Waals surface area contributed by atoms with E-state index in [-0.39, 0.29) is 13.0 Å². The van der Waals surface area contributed by atoms with Gasteiger partial charge in [0.05, 0.1) is 5.92 Å². The third-order valence-corrected chi connectivity index (χ3v) is 2.15. The Labute approximate surface area is 86.1 Å². The molecule has 0 aromatic heterocycles. The lowest BCUT2D eigenvalue weighted by Gasteiger charge is -2.10. The molecule has 0 bridgehead atoms. The van der Waals surface area contributed by atoms with Gasteiger partial charge in [-0.15, -0.1) is 0 Å². The van der Waals surface area contributed by atoms with Crippen LogP contribution < -0.4 is 11.5 Å². The monoisotopic (exact) mass is 214 g/mol. The zero-order valence-electron chi connectivity index (χ0n) is 8.04. The van der Waals surface area contributed by atoms with E-state index in [1.54, 1.807) is 0 Å². The maximum absolute atomic E-state index is 12.8. The highest BCUT2D eigenvalue weighted by Gasteiger charge is 2.14. The highest BCUT2D eigenvalue weighted by Crippen LogP contribution is 2.12. The average molecular weight is 214 g/mol. The first-order valence-corrected chi connectivity index (χ1v) is 4.48. The Morgan fingerprint density at radius 3 is 2.47 bits per heavy atom. The highest BCUT2D eigenvalue weighted by atomic mass is 19.2. The third-order valence-electron chi connectivity index (χ3n) is 2.15. The molecule has 3 nitrogen and oxygen atoms in total. The second kappa shape index (κ2) is 4.84. The van der Waals surface area contributed by atoms with Crippen molar-refractivity contribution in [2.24, 2.45) is 17.4 Å². The van der Waals surface area contributed by atoms with Crippen LogP contribution in [0.5, 0.6) is 0 Å². The van der Waals surface area contributed by atoms with Crippen LogP contribution in [0, 0.1) is 17.6 Å². The van der Waals surface area contributed by atoms with Crippen LogP contribution in [0.1, 0.15) is 5.56 Å². The van der Waals surface area contributed by atoms with Gasteiger partial charge in [0, 0.05) is 6.54 Å². The molecule has 0 unspecified atom stereocenters. The molecule has 4 N–H and O–H groups in total. The second-order valence-electron chi connectivity index (χ2n) is 3.29. The summed E-state index contributed by atoms with van der Waals surface area (Å²) in [6.45, 7) is 0.0916. The quantitative estimate of drug-likeness (QED) is 0.769. The Morgan fingerprint density at radius 2 is 2.00 bits per heavy atom. The summed E-state index contributed by atoms with van der Waals surface area (Å²) >= 11 is 0. The van der Waals surface area contributed by atoms with Gasteiger partial charge in [0.1, 0.15) is 0 Å². The number of hydrogen-bond donors (Lipinski definition) is 2. The Balaban J connectivity index is 2.80. The normalized spacial score (nSPS) is 12.5. The fraction of sp³-hybridized carbons (Fsp3) is 0.300. The van der Waals surface area contributed by atoms with Gasteiger partial charge >= 0.3 is 0 Å². The van der Waals surface area contributed by atoms with E-state index in [1.165, 1.54) is 6.07 Å². The molecule has 0 heterocycles. The first kappa shape index (κ1) is 11.6. The van der Waals surface area contributed by atoms with Crippen molar-refractivity contribution in [2.45, 2.75) is 6.42 Å². The van der Waals surface area contributed by atoms with Crippen LogP contribution in [-0.4, -0.2) is 12.5 Å². The molecule has 1 atom stereocenters. The minimum atomic E-state index is -0.937. The van der Waals surface area contributed by atoms with E-state index >= 15 is 0 Å². The van der Waals surface area contributed by atoms with E-state index < -0.39 is 23.5 Å². The number of carbonyl (C=O) groups excluding carboxylic acids is 1. The largest absolute Gasteiger partial charge is 0.369 e. The second-order valence-corrected chi connectivity index (χ2v) is 3.29. The highest BCUT2D eigenvalue weighted by molar-refractivity contribution is 5.77. The topological polar surface area (TPSA) is 69.1 Å². The number of primary amides is 1. The zero-order chi connectivity index (χ0) is 11.4. The van der Waals surface area contributed by atoms with Gasteiger partial charge in [0.2, 0.25) is 5.91 Å². The lowest BCUT2D eigenvalue weighted by molar-refractivity contribution is -0.121. The Hall–Kier alpha value is -1.49. The molecule has 0 radical (unpaired) electrons. The minimum absolute atomic E-state index is 0.0916. The lowest BCUT2D eigenvalue weighted by Crippen LogP contribution is -2.31. The minimum Gasteiger partial charge on any atom is -0.369 e. The number of rotatable bonds is 4. The molecule has 15 heavy (non-hydrogen) atoms. The number of nitrogens with two attached hydrogens (primary N) is 2. The maximum atomic E-state index is 12.8. The van der Waals surface area contributed by atoms with Crippen LogP contribution in [0.3, 0.4) is 0 Å². The molecular formula is C10H12F2N2O. The number of halogens is 2. The number of hydrogen-bond acceptors (Lipinski definition) is 2. The fourth-order valence-corrected chi connectivity index (χ4v) is 1.25. The van der Waals surface area contributed by atoms with Gasteiger partial charge < -0.3 is 11.5 Å². The molecule has 82 valence electrons. The summed E-state index contributed by atoms with van der Waals surface area (Å²) in [7, 11) is 0. The van der Waals surface area contributed by atoms with E-state index in [0.717, 1.165) is 12.1 Å². The van der Waals surface area contributed by atoms with E-state index in [4.69, 9.17) is 11.5 Å². The average Bonchev–Trinajstić information content (AvgIpc) is 2.19. The SMILES string of the molecule is NC[C@@H](Cc1ccc(F)c(F)c1)C(N)=O. The molecule has 0 saturated carbocycles. The molecule has 0 aliphatic carbocycles. The molecule has 0 aliphatic rings. The molecule has 1 rings (SSSR count). The summed E-state index contributed by atoms with van der Waals surface area (Å²) in [6, 6.07) is 3.46. The van der Waals surface area contributed by atoms with Gasteiger partial charge in [-0.1, -0.05) is 6.07 Å². The van der Waals surface area contributed by atoms with Crippen molar-refractivity contribution in [3.8, 4) is 0 Å². The van der Waals surface area contributed by atoms with Crippen LogP contribution in [0.4, 0.5) is 8.78 Å².